The molecule has 102 valence electrons. The SMILES string of the molecule is CCP(OC)(OC)(c1ccccc1)c1ccccc1. The normalized spacial score (nSPS) is 13.7. The molecule has 0 fully saturated rings. The maximum atomic E-state index is 6.10. The minimum absolute atomic E-state index is 0.812. The fourth-order valence-corrected chi connectivity index (χ4v) is 6.82. The van der Waals surface area contributed by atoms with Crippen LogP contribution in [-0.4, -0.2) is 20.4 Å². The van der Waals surface area contributed by atoms with Crippen molar-refractivity contribution in [2.45, 2.75) is 6.92 Å². The third-order valence-corrected chi connectivity index (χ3v) is 9.28. The van der Waals surface area contributed by atoms with Gasteiger partial charge in [-0.2, -0.15) is 0 Å². The summed E-state index contributed by atoms with van der Waals surface area (Å²) in [5.74, 6) is 0. The summed E-state index contributed by atoms with van der Waals surface area (Å²) >= 11 is 0. The molecule has 0 heterocycles. The second-order valence-corrected chi connectivity index (χ2v) is 9.13. The van der Waals surface area contributed by atoms with Crippen LogP contribution in [0.15, 0.2) is 60.7 Å². The third-order valence-electron chi connectivity index (χ3n) is 3.90. The van der Waals surface area contributed by atoms with E-state index in [1.165, 1.54) is 0 Å². The zero-order chi connectivity index (χ0) is 13.8. The average molecular weight is 276 g/mol. The van der Waals surface area contributed by atoms with Crippen molar-refractivity contribution in [3.63, 3.8) is 0 Å². The van der Waals surface area contributed by atoms with E-state index in [-0.39, 0.29) is 0 Å². The molecule has 0 aliphatic rings. The Labute approximate surface area is 115 Å². The first-order valence-corrected chi connectivity index (χ1v) is 8.73. The Balaban J connectivity index is 2.77. The van der Waals surface area contributed by atoms with Crippen molar-refractivity contribution < 1.29 is 9.05 Å². The average Bonchev–Trinajstić information content (AvgIpc) is 2.53. The Morgan fingerprint density at radius 3 is 1.37 bits per heavy atom. The van der Waals surface area contributed by atoms with Gasteiger partial charge in [-0.3, -0.25) is 0 Å². The summed E-state index contributed by atoms with van der Waals surface area (Å²) in [4.78, 5) is 0. The molecule has 0 aliphatic heterocycles. The molecule has 0 radical (unpaired) electrons. The number of hydrogen-bond acceptors (Lipinski definition) is 2. The van der Waals surface area contributed by atoms with Crippen LogP contribution >= 0.6 is 7.06 Å². The summed E-state index contributed by atoms with van der Waals surface area (Å²) in [7, 11) is 0.500. The van der Waals surface area contributed by atoms with Gasteiger partial charge in [-0.1, -0.05) is 0 Å². The molecular formula is C16H21O2P. The Kier molecular flexibility index (Phi) is 4.05. The van der Waals surface area contributed by atoms with Crippen LogP contribution in [0, 0.1) is 0 Å². The Bertz CT molecular complexity index is 466. The van der Waals surface area contributed by atoms with Gasteiger partial charge in [0.05, 0.1) is 0 Å². The summed E-state index contributed by atoms with van der Waals surface area (Å²) in [5, 5.41) is 2.26. The van der Waals surface area contributed by atoms with Crippen molar-refractivity contribution in [2.75, 3.05) is 20.4 Å². The zero-order valence-corrected chi connectivity index (χ0v) is 12.6. The molecule has 2 aromatic rings. The van der Waals surface area contributed by atoms with Crippen LogP contribution in [-0.2, 0) is 9.05 Å². The molecule has 0 saturated heterocycles. The van der Waals surface area contributed by atoms with E-state index in [1.54, 1.807) is 14.2 Å². The van der Waals surface area contributed by atoms with Gasteiger partial charge in [0, 0.05) is 0 Å². The molecule has 0 N–H and O–H groups in total. The monoisotopic (exact) mass is 276 g/mol. The van der Waals surface area contributed by atoms with Gasteiger partial charge in [0.1, 0.15) is 0 Å². The van der Waals surface area contributed by atoms with E-state index < -0.39 is 7.06 Å². The zero-order valence-electron chi connectivity index (χ0n) is 11.7. The van der Waals surface area contributed by atoms with Crippen LogP contribution in [0.4, 0.5) is 0 Å². The Morgan fingerprint density at radius 2 is 1.11 bits per heavy atom. The summed E-state index contributed by atoms with van der Waals surface area (Å²) in [6.07, 6.45) is 0.812. The Hall–Kier alpha value is -1.21. The van der Waals surface area contributed by atoms with Crippen LogP contribution in [0.25, 0.3) is 0 Å². The van der Waals surface area contributed by atoms with Gasteiger partial charge in [-0.05, 0) is 0 Å². The van der Waals surface area contributed by atoms with E-state index in [2.05, 4.69) is 31.2 Å². The van der Waals surface area contributed by atoms with Gasteiger partial charge >= 0.3 is 115 Å². The molecule has 0 atom stereocenters. The molecule has 2 rings (SSSR count). The van der Waals surface area contributed by atoms with Gasteiger partial charge in [0.2, 0.25) is 0 Å². The maximum absolute atomic E-state index is 6.10. The quantitative estimate of drug-likeness (QED) is 0.780. The molecule has 0 unspecified atom stereocenters. The van der Waals surface area contributed by atoms with Gasteiger partial charge in [0.25, 0.3) is 0 Å². The second kappa shape index (κ2) is 5.42. The van der Waals surface area contributed by atoms with E-state index in [9.17, 15) is 0 Å². The molecule has 0 amide bonds. The topological polar surface area (TPSA) is 18.5 Å². The van der Waals surface area contributed by atoms with E-state index in [1.807, 2.05) is 36.4 Å². The number of rotatable bonds is 5. The molecule has 3 heteroatoms. The van der Waals surface area contributed by atoms with Crippen molar-refractivity contribution in [1.29, 1.82) is 0 Å². The van der Waals surface area contributed by atoms with Gasteiger partial charge in [0.15, 0.2) is 0 Å². The first kappa shape index (κ1) is 14.2. The van der Waals surface area contributed by atoms with E-state index in [4.69, 9.17) is 9.05 Å². The van der Waals surface area contributed by atoms with Crippen molar-refractivity contribution in [3.8, 4) is 0 Å². The molecule has 0 saturated carbocycles. The second-order valence-electron chi connectivity index (χ2n) is 4.48. The van der Waals surface area contributed by atoms with Crippen LogP contribution in [0.5, 0.6) is 0 Å². The predicted octanol–water partition coefficient (Wildman–Crippen LogP) is 3.33. The molecule has 2 nitrogen and oxygen atoms in total. The molecule has 19 heavy (non-hydrogen) atoms. The van der Waals surface area contributed by atoms with Gasteiger partial charge in [-0.15, -0.1) is 0 Å². The van der Waals surface area contributed by atoms with Crippen LogP contribution in [0.1, 0.15) is 6.92 Å². The Morgan fingerprint density at radius 1 is 0.737 bits per heavy atom. The van der Waals surface area contributed by atoms with E-state index in [0.717, 1.165) is 16.8 Å². The fourth-order valence-electron chi connectivity index (χ4n) is 2.73. The molecule has 0 spiro atoms. The summed E-state index contributed by atoms with van der Waals surface area (Å²) in [6.45, 7) is 2.13. The number of hydrogen-bond donors (Lipinski definition) is 0. The number of benzene rings is 2. The molecule has 0 aromatic heterocycles. The van der Waals surface area contributed by atoms with Crippen LogP contribution in [0.2, 0.25) is 0 Å². The summed E-state index contributed by atoms with van der Waals surface area (Å²) < 4.78 is 12.2. The van der Waals surface area contributed by atoms with Crippen molar-refractivity contribution in [2.24, 2.45) is 0 Å². The minimum atomic E-state index is -3.01. The summed E-state index contributed by atoms with van der Waals surface area (Å²) in [6, 6.07) is 20.6. The first-order chi connectivity index (χ1) is 9.22. The van der Waals surface area contributed by atoms with Crippen LogP contribution in [0.3, 0.4) is 0 Å². The standard InChI is InChI=1S/C16H21O2P/c1-4-19(17-2,18-3,15-11-7-5-8-12-15)16-13-9-6-10-14-16/h5-14H,4H2,1-3H3. The van der Waals surface area contributed by atoms with Gasteiger partial charge < -0.3 is 0 Å². The third kappa shape index (κ3) is 2.01. The van der Waals surface area contributed by atoms with Crippen LogP contribution < -0.4 is 10.6 Å². The first-order valence-electron chi connectivity index (χ1n) is 6.47. The van der Waals surface area contributed by atoms with Crippen molar-refractivity contribution in [1.82, 2.24) is 0 Å². The molecule has 2 aromatic carbocycles. The fraction of sp³-hybridized carbons (Fsp3) is 0.250. The van der Waals surface area contributed by atoms with Crippen molar-refractivity contribution in [3.05, 3.63) is 60.7 Å². The molecule has 0 aliphatic carbocycles. The summed E-state index contributed by atoms with van der Waals surface area (Å²) in [5.41, 5.74) is 0. The molecular weight excluding hydrogens is 255 g/mol. The van der Waals surface area contributed by atoms with E-state index in [0.29, 0.717) is 0 Å². The van der Waals surface area contributed by atoms with Crippen molar-refractivity contribution >= 4 is 17.7 Å². The predicted molar refractivity (Wildman–Crippen MR) is 83.6 cm³/mol. The van der Waals surface area contributed by atoms with Gasteiger partial charge in [-0.25, -0.2) is 0 Å². The van der Waals surface area contributed by atoms with E-state index >= 15 is 0 Å². The molecule has 0 bridgehead atoms.